The largest absolute Gasteiger partial charge is 0.496 e. The number of nitrogens with zero attached hydrogens (tertiary/aromatic N) is 1. The highest BCUT2D eigenvalue weighted by Crippen LogP contribution is 2.31. The van der Waals surface area contributed by atoms with Gasteiger partial charge in [0.15, 0.2) is 0 Å². The quantitative estimate of drug-likeness (QED) is 0.653. The van der Waals surface area contributed by atoms with E-state index in [0.29, 0.717) is 22.0 Å². The zero-order chi connectivity index (χ0) is 15.2. The molecule has 7 heteroatoms. The van der Waals surface area contributed by atoms with Crippen LogP contribution in [0.5, 0.6) is 5.75 Å². The van der Waals surface area contributed by atoms with Gasteiger partial charge in [-0.2, -0.15) is 5.26 Å². The Morgan fingerprint density at radius 1 is 1.52 bits per heavy atom. The van der Waals surface area contributed by atoms with Crippen LogP contribution in [0.4, 0.5) is 10.7 Å². The van der Waals surface area contributed by atoms with Crippen LogP contribution in [-0.4, -0.2) is 18.8 Å². The molecule has 0 radical (unpaired) electrons. The fourth-order valence-corrected chi connectivity index (χ4v) is 3.16. The molecule has 2 rings (SSSR count). The number of nitrogens with one attached hydrogen (secondary N) is 1. The van der Waals surface area contributed by atoms with E-state index in [-0.39, 0.29) is 11.7 Å². The van der Waals surface area contributed by atoms with Crippen LogP contribution in [0.1, 0.15) is 5.56 Å². The maximum Gasteiger partial charge on any atom is 0.235 e. The highest BCUT2D eigenvalue weighted by molar-refractivity contribution is 8.00. The van der Waals surface area contributed by atoms with E-state index >= 15 is 0 Å². The number of rotatable bonds is 5. The van der Waals surface area contributed by atoms with Crippen molar-refractivity contribution in [3.05, 3.63) is 35.2 Å². The van der Waals surface area contributed by atoms with Crippen molar-refractivity contribution in [2.45, 2.75) is 4.90 Å². The van der Waals surface area contributed by atoms with Crippen molar-refractivity contribution in [3.8, 4) is 11.8 Å². The van der Waals surface area contributed by atoms with E-state index < -0.39 is 0 Å². The molecule has 0 saturated heterocycles. The molecule has 21 heavy (non-hydrogen) atoms. The van der Waals surface area contributed by atoms with E-state index in [1.54, 1.807) is 30.7 Å². The van der Waals surface area contributed by atoms with Gasteiger partial charge in [-0.25, -0.2) is 0 Å². The van der Waals surface area contributed by atoms with Gasteiger partial charge in [-0.05, 0) is 23.6 Å². The molecule has 0 aliphatic carbocycles. The number of carbonyl (C=O) groups is 1. The molecule has 1 amide bonds. The number of amides is 1. The van der Waals surface area contributed by atoms with Crippen LogP contribution < -0.4 is 15.8 Å². The number of hydrogen-bond donors (Lipinski definition) is 2. The van der Waals surface area contributed by atoms with E-state index in [1.807, 2.05) is 12.1 Å². The monoisotopic (exact) mass is 319 g/mol. The van der Waals surface area contributed by atoms with Gasteiger partial charge in [-0.3, -0.25) is 4.79 Å². The van der Waals surface area contributed by atoms with E-state index in [0.717, 1.165) is 4.90 Å². The molecule has 2 aromatic rings. The van der Waals surface area contributed by atoms with Crippen LogP contribution in [-0.2, 0) is 4.79 Å². The third-order valence-electron chi connectivity index (χ3n) is 2.59. The number of nitrogens with two attached hydrogens (primary N) is 1. The molecule has 0 unspecified atom stereocenters. The molecule has 0 bridgehead atoms. The van der Waals surface area contributed by atoms with Crippen LogP contribution in [0.2, 0.25) is 0 Å². The summed E-state index contributed by atoms with van der Waals surface area (Å²) in [4.78, 5) is 12.8. The first-order valence-corrected chi connectivity index (χ1v) is 7.84. The zero-order valence-electron chi connectivity index (χ0n) is 11.3. The first-order chi connectivity index (χ1) is 10.1. The Labute approximate surface area is 130 Å². The Hall–Kier alpha value is -2.17. The van der Waals surface area contributed by atoms with E-state index in [9.17, 15) is 4.79 Å². The molecule has 3 N–H and O–H groups in total. The number of methoxy groups -OCH3 is 1. The minimum Gasteiger partial charge on any atom is -0.496 e. The van der Waals surface area contributed by atoms with Gasteiger partial charge in [0.1, 0.15) is 16.8 Å². The number of nitrogen functional groups attached to an aromatic ring is 1. The van der Waals surface area contributed by atoms with Gasteiger partial charge in [0, 0.05) is 16.6 Å². The number of hydrogen-bond acceptors (Lipinski definition) is 6. The fraction of sp³-hybridized carbons (Fsp3) is 0.143. The average molecular weight is 319 g/mol. The van der Waals surface area contributed by atoms with Crippen LogP contribution >= 0.6 is 23.1 Å². The third-order valence-corrected chi connectivity index (χ3v) is 4.47. The molecule has 0 saturated carbocycles. The number of thioether (sulfide) groups is 1. The van der Waals surface area contributed by atoms with Crippen molar-refractivity contribution in [1.82, 2.24) is 0 Å². The summed E-state index contributed by atoms with van der Waals surface area (Å²) in [5, 5.41) is 14.0. The van der Waals surface area contributed by atoms with Crippen LogP contribution in [0.25, 0.3) is 0 Å². The van der Waals surface area contributed by atoms with Crippen LogP contribution in [0.15, 0.2) is 34.5 Å². The number of carbonyl (C=O) groups excluding carboxylic acids is 1. The standard InChI is InChI=1S/C14H13N3O2S2/c1-19-11-6-10(16)2-3-12(11)21-8-13(18)17-14-9(7-15)4-5-20-14/h2-6H,8,16H2,1H3,(H,17,18). The number of nitriles is 1. The van der Waals surface area contributed by atoms with E-state index in [1.165, 1.54) is 23.1 Å². The molecule has 1 aromatic carbocycles. The summed E-state index contributed by atoms with van der Waals surface area (Å²) in [7, 11) is 1.56. The zero-order valence-corrected chi connectivity index (χ0v) is 12.9. The predicted molar refractivity (Wildman–Crippen MR) is 85.8 cm³/mol. The molecular formula is C14H13N3O2S2. The summed E-state index contributed by atoms with van der Waals surface area (Å²) in [5.41, 5.74) is 6.77. The SMILES string of the molecule is COc1cc(N)ccc1SCC(=O)Nc1sccc1C#N. The Morgan fingerprint density at radius 2 is 2.33 bits per heavy atom. The molecule has 0 fully saturated rings. The minimum absolute atomic E-state index is 0.169. The molecular weight excluding hydrogens is 306 g/mol. The van der Waals surface area contributed by atoms with Gasteiger partial charge in [0.2, 0.25) is 5.91 Å². The van der Waals surface area contributed by atoms with Crippen LogP contribution in [0.3, 0.4) is 0 Å². The van der Waals surface area contributed by atoms with E-state index in [4.69, 9.17) is 15.7 Å². The first kappa shape index (κ1) is 15.2. The second-order valence-electron chi connectivity index (χ2n) is 4.02. The van der Waals surface area contributed by atoms with Crippen molar-refractivity contribution < 1.29 is 9.53 Å². The lowest BCUT2D eigenvalue weighted by Gasteiger charge is -2.09. The van der Waals surface area contributed by atoms with Crippen molar-refractivity contribution >= 4 is 39.7 Å². The maximum atomic E-state index is 11.9. The molecule has 0 atom stereocenters. The lowest BCUT2D eigenvalue weighted by atomic mass is 10.3. The van der Waals surface area contributed by atoms with Crippen LogP contribution in [0, 0.1) is 11.3 Å². The Kier molecular flexibility index (Phi) is 5.09. The maximum absolute atomic E-state index is 11.9. The third kappa shape index (κ3) is 3.90. The van der Waals surface area contributed by atoms with Crippen molar-refractivity contribution in [3.63, 3.8) is 0 Å². The highest BCUT2D eigenvalue weighted by Gasteiger charge is 2.10. The summed E-state index contributed by atoms with van der Waals surface area (Å²) < 4.78 is 5.23. The highest BCUT2D eigenvalue weighted by atomic mass is 32.2. The summed E-state index contributed by atoms with van der Waals surface area (Å²) in [6.45, 7) is 0. The van der Waals surface area contributed by atoms with Gasteiger partial charge in [0.05, 0.1) is 18.4 Å². The van der Waals surface area contributed by atoms with Crippen molar-refractivity contribution in [2.24, 2.45) is 0 Å². The molecule has 1 aromatic heterocycles. The topological polar surface area (TPSA) is 88.1 Å². The molecule has 0 aliphatic rings. The number of thiophene rings is 1. The summed E-state index contributed by atoms with van der Waals surface area (Å²) in [5.74, 6) is 0.697. The molecule has 1 heterocycles. The molecule has 108 valence electrons. The van der Waals surface area contributed by atoms with Gasteiger partial charge in [-0.1, -0.05) is 0 Å². The Balaban J connectivity index is 1.97. The second-order valence-corrected chi connectivity index (χ2v) is 5.96. The smallest absolute Gasteiger partial charge is 0.235 e. The predicted octanol–water partition coefficient (Wildman–Crippen LogP) is 2.94. The van der Waals surface area contributed by atoms with Crippen molar-refractivity contribution in [1.29, 1.82) is 5.26 Å². The first-order valence-electron chi connectivity index (χ1n) is 5.97. The lowest BCUT2D eigenvalue weighted by Crippen LogP contribution is -2.13. The summed E-state index contributed by atoms with van der Waals surface area (Å²) in [6, 6.07) is 9.00. The van der Waals surface area contributed by atoms with Gasteiger partial charge in [-0.15, -0.1) is 23.1 Å². The fourth-order valence-electron chi connectivity index (χ4n) is 1.60. The number of benzene rings is 1. The summed E-state index contributed by atoms with van der Waals surface area (Å²) in [6.07, 6.45) is 0. The minimum atomic E-state index is -0.169. The summed E-state index contributed by atoms with van der Waals surface area (Å²) >= 11 is 2.68. The van der Waals surface area contributed by atoms with E-state index in [2.05, 4.69) is 5.32 Å². The molecule has 5 nitrogen and oxygen atoms in total. The van der Waals surface area contributed by atoms with Gasteiger partial charge < -0.3 is 15.8 Å². The van der Waals surface area contributed by atoms with Gasteiger partial charge >= 0.3 is 0 Å². The average Bonchev–Trinajstić information content (AvgIpc) is 2.92. The number of ether oxygens (including phenoxy) is 1. The Morgan fingerprint density at radius 3 is 3.05 bits per heavy atom. The van der Waals surface area contributed by atoms with Gasteiger partial charge in [0.25, 0.3) is 0 Å². The lowest BCUT2D eigenvalue weighted by molar-refractivity contribution is -0.113. The number of anilines is 2. The molecule has 0 spiro atoms. The second kappa shape index (κ2) is 7.02. The Bertz CT molecular complexity index is 692. The molecule has 0 aliphatic heterocycles. The van der Waals surface area contributed by atoms with Crippen molar-refractivity contribution in [2.75, 3.05) is 23.9 Å². The normalized spacial score (nSPS) is 9.90.